The number of rotatable bonds is 2. The summed E-state index contributed by atoms with van der Waals surface area (Å²) < 4.78 is 31.7. The van der Waals surface area contributed by atoms with Crippen molar-refractivity contribution in [1.29, 1.82) is 0 Å². The summed E-state index contributed by atoms with van der Waals surface area (Å²) in [6, 6.07) is 11.8. The molecule has 2 aromatic carbocycles. The molecular weight excluding hydrogens is 250 g/mol. The molecule has 0 aliphatic rings. The average molecular weight is 260 g/mol. The Labute approximate surface area is 107 Å². The van der Waals surface area contributed by atoms with Crippen molar-refractivity contribution < 1.29 is 18.3 Å². The average Bonchev–Trinajstić information content (AvgIpc) is 2.80. The number of benzene rings is 2. The minimum absolute atomic E-state index is 0.122. The zero-order valence-electron chi connectivity index (χ0n) is 9.81. The standard InChI is InChI=1S/C15H10F2O2/c16-11-5-10(6-12(17)8-11)15(18)14-7-9-3-1-2-4-13(9)19-14/h1-8,15,18H. The summed E-state index contributed by atoms with van der Waals surface area (Å²) in [5.41, 5.74) is 0.741. The van der Waals surface area contributed by atoms with E-state index in [1.54, 1.807) is 12.1 Å². The van der Waals surface area contributed by atoms with Gasteiger partial charge >= 0.3 is 0 Å². The van der Waals surface area contributed by atoms with Gasteiger partial charge in [0.15, 0.2) is 0 Å². The van der Waals surface area contributed by atoms with Crippen molar-refractivity contribution >= 4 is 11.0 Å². The second kappa shape index (κ2) is 4.48. The van der Waals surface area contributed by atoms with E-state index in [9.17, 15) is 13.9 Å². The van der Waals surface area contributed by atoms with E-state index in [1.165, 1.54) is 0 Å². The number of hydrogen-bond acceptors (Lipinski definition) is 2. The first-order chi connectivity index (χ1) is 9.13. The lowest BCUT2D eigenvalue weighted by Gasteiger charge is -2.08. The van der Waals surface area contributed by atoms with Crippen molar-refractivity contribution in [2.24, 2.45) is 0 Å². The normalized spacial score (nSPS) is 12.8. The van der Waals surface area contributed by atoms with E-state index in [0.29, 0.717) is 5.58 Å². The van der Waals surface area contributed by atoms with Crippen LogP contribution in [0.1, 0.15) is 17.4 Å². The van der Waals surface area contributed by atoms with Crippen molar-refractivity contribution in [2.45, 2.75) is 6.10 Å². The first kappa shape index (κ1) is 11.9. The molecular formula is C15H10F2O2. The molecule has 3 rings (SSSR count). The maximum Gasteiger partial charge on any atom is 0.138 e. The van der Waals surface area contributed by atoms with Crippen LogP contribution in [-0.2, 0) is 0 Å². The Morgan fingerprint density at radius 2 is 1.63 bits per heavy atom. The Kier molecular flexibility index (Phi) is 2.80. The number of para-hydroxylation sites is 1. The number of furan rings is 1. The third-order valence-electron chi connectivity index (χ3n) is 2.91. The number of aliphatic hydroxyl groups is 1. The van der Waals surface area contributed by atoms with Crippen LogP contribution in [0.4, 0.5) is 8.78 Å². The Hall–Kier alpha value is -2.20. The lowest BCUT2D eigenvalue weighted by molar-refractivity contribution is 0.191. The van der Waals surface area contributed by atoms with Crippen LogP contribution in [0.5, 0.6) is 0 Å². The van der Waals surface area contributed by atoms with Gasteiger partial charge in [-0.05, 0) is 29.8 Å². The summed E-state index contributed by atoms with van der Waals surface area (Å²) in [6.07, 6.45) is -1.20. The van der Waals surface area contributed by atoms with Gasteiger partial charge in [0.2, 0.25) is 0 Å². The van der Waals surface area contributed by atoms with Crippen molar-refractivity contribution in [3.8, 4) is 0 Å². The van der Waals surface area contributed by atoms with E-state index in [1.807, 2.05) is 18.2 Å². The molecule has 0 amide bonds. The molecule has 0 fully saturated rings. The van der Waals surface area contributed by atoms with Gasteiger partial charge in [-0.1, -0.05) is 18.2 Å². The first-order valence-corrected chi connectivity index (χ1v) is 5.76. The number of fused-ring (bicyclic) bond motifs is 1. The van der Waals surface area contributed by atoms with Gasteiger partial charge in [0.25, 0.3) is 0 Å². The Morgan fingerprint density at radius 3 is 2.32 bits per heavy atom. The lowest BCUT2D eigenvalue weighted by atomic mass is 10.1. The van der Waals surface area contributed by atoms with E-state index in [4.69, 9.17) is 4.42 Å². The molecule has 0 aliphatic carbocycles. The maximum atomic E-state index is 13.1. The number of aliphatic hydroxyl groups excluding tert-OH is 1. The molecule has 4 heteroatoms. The monoisotopic (exact) mass is 260 g/mol. The van der Waals surface area contributed by atoms with E-state index in [-0.39, 0.29) is 11.3 Å². The molecule has 1 atom stereocenters. The fourth-order valence-electron chi connectivity index (χ4n) is 2.03. The molecule has 2 nitrogen and oxygen atoms in total. The molecule has 0 bridgehead atoms. The molecule has 19 heavy (non-hydrogen) atoms. The predicted molar refractivity (Wildman–Crippen MR) is 66.6 cm³/mol. The van der Waals surface area contributed by atoms with E-state index in [2.05, 4.69) is 0 Å². The number of halogens is 2. The van der Waals surface area contributed by atoms with E-state index in [0.717, 1.165) is 23.6 Å². The molecule has 0 aliphatic heterocycles. The Bertz CT molecular complexity index is 681. The summed E-state index contributed by atoms with van der Waals surface area (Å²) in [7, 11) is 0. The molecule has 0 radical (unpaired) electrons. The van der Waals surface area contributed by atoms with Gasteiger partial charge in [0.1, 0.15) is 29.1 Å². The minimum Gasteiger partial charge on any atom is -0.458 e. The zero-order chi connectivity index (χ0) is 13.4. The minimum atomic E-state index is -1.20. The van der Waals surface area contributed by atoms with Crippen molar-refractivity contribution in [3.05, 3.63) is 71.5 Å². The van der Waals surface area contributed by atoms with Crippen LogP contribution < -0.4 is 0 Å². The fourth-order valence-corrected chi connectivity index (χ4v) is 2.03. The van der Waals surface area contributed by atoms with Crippen LogP contribution in [0.3, 0.4) is 0 Å². The highest BCUT2D eigenvalue weighted by atomic mass is 19.1. The smallest absolute Gasteiger partial charge is 0.138 e. The molecule has 1 aromatic heterocycles. The van der Waals surface area contributed by atoms with Gasteiger partial charge in [0.05, 0.1) is 0 Å². The van der Waals surface area contributed by atoms with Crippen molar-refractivity contribution in [2.75, 3.05) is 0 Å². The topological polar surface area (TPSA) is 33.4 Å². The molecule has 1 N–H and O–H groups in total. The summed E-state index contributed by atoms with van der Waals surface area (Å²) in [4.78, 5) is 0. The molecule has 96 valence electrons. The fraction of sp³-hybridized carbons (Fsp3) is 0.0667. The third-order valence-corrected chi connectivity index (χ3v) is 2.91. The van der Waals surface area contributed by atoms with Crippen LogP contribution >= 0.6 is 0 Å². The maximum absolute atomic E-state index is 13.1. The zero-order valence-corrected chi connectivity index (χ0v) is 9.81. The molecule has 0 spiro atoms. The second-order valence-electron chi connectivity index (χ2n) is 4.29. The number of hydrogen-bond donors (Lipinski definition) is 1. The van der Waals surface area contributed by atoms with Gasteiger partial charge in [-0.15, -0.1) is 0 Å². The van der Waals surface area contributed by atoms with Gasteiger partial charge in [-0.2, -0.15) is 0 Å². The molecule has 0 saturated carbocycles. The summed E-state index contributed by atoms with van der Waals surface area (Å²) >= 11 is 0. The van der Waals surface area contributed by atoms with Gasteiger partial charge in [-0.3, -0.25) is 0 Å². The third kappa shape index (κ3) is 2.22. The van der Waals surface area contributed by atoms with Crippen LogP contribution in [0.25, 0.3) is 11.0 Å². The van der Waals surface area contributed by atoms with Crippen molar-refractivity contribution in [1.82, 2.24) is 0 Å². The largest absolute Gasteiger partial charge is 0.458 e. The van der Waals surface area contributed by atoms with E-state index < -0.39 is 17.7 Å². The highest BCUT2D eigenvalue weighted by Gasteiger charge is 2.17. The van der Waals surface area contributed by atoms with Gasteiger partial charge < -0.3 is 9.52 Å². The second-order valence-corrected chi connectivity index (χ2v) is 4.29. The Morgan fingerprint density at radius 1 is 0.947 bits per heavy atom. The van der Waals surface area contributed by atoms with Crippen LogP contribution in [0.2, 0.25) is 0 Å². The van der Waals surface area contributed by atoms with Crippen LogP contribution in [0.15, 0.2) is 52.9 Å². The molecule has 1 unspecified atom stereocenters. The van der Waals surface area contributed by atoms with Gasteiger partial charge in [-0.25, -0.2) is 8.78 Å². The summed E-state index contributed by atoms with van der Waals surface area (Å²) in [5, 5.41) is 10.9. The summed E-state index contributed by atoms with van der Waals surface area (Å²) in [5.74, 6) is -1.21. The SMILES string of the molecule is OC(c1cc(F)cc(F)c1)c1cc2ccccc2o1. The molecule has 3 aromatic rings. The lowest BCUT2D eigenvalue weighted by Crippen LogP contribution is -1.99. The van der Waals surface area contributed by atoms with Crippen LogP contribution in [0, 0.1) is 11.6 Å². The molecule has 0 saturated heterocycles. The quantitative estimate of drug-likeness (QED) is 0.760. The molecule has 1 heterocycles. The predicted octanol–water partition coefficient (Wildman–Crippen LogP) is 3.79. The Balaban J connectivity index is 2.05. The van der Waals surface area contributed by atoms with Crippen molar-refractivity contribution in [3.63, 3.8) is 0 Å². The highest BCUT2D eigenvalue weighted by molar-refractivity contribution is 5.77. The van der Waals surface area contributed by atoms with E-state index >= 15 is 0 Å². The highest BCUT2D eigenvalue weighted by Crippen LogP contribution is 2.28. The summed E-state index contributed by atoms with van der Waals surface area (Å²) in [6.45, 7) is 0. The first-order valence-electron chi connectivity index (χ1n) is 5.76. The van der Waals surface area contributed by atoms with Crippen LogP contribution in [-0.4, -0.2) is 5.11 Å². The van der Waals surface area contributed by atoms with Gasteiger partial charge in [0, 0.05) is 11.5 Å².